The van der Waals surface area contributed by atoms with E-state index in [4.69, 9.17) is 5.73 Å². The lowest BCUT2D eigenvalue weighted by molar-refractivity contribution is 0.0829. The molecule has 18 heavy (non-hydrogen) atoms. The Labute approximate surface area is 111 Å². The number of nitrogen functional groups attached to an aromatic ring is 1. The first kappa shape index (κ1) is 12.6. The van der Waals surface area contributed by atoms with Crippen LogP contribution in [0, 0.1) is 0 Å². The van der Waals surface area contributed by atoms with Crippen LogP contribution in [-0.2, 0) is 6.42 Å². The third-order valence-electron chi connectivity index (χ3n) is 2.67. The van der Waals surface area contributed by atoms with Crippen molar-refractivity contribution in [2.45, 2.75) is 6.42 Å². The fourth-order valence-corrected chi connectivity index (χ4v) is 2.70. The summed E-state index contributed by atoms with van der Waals surface area (Å²) in [5.74, 6) is -0.0388. The summed E-state index contributed by atoms with van der Waals surface area (Å²) in [6, 6.07) is 12.1. The number of rotatable bonds is 3. The van der Waals surface area contributed by atoms with Crippen molar-refractivity contribution in [2.24, 2.45) is 0 Å². The van der Waals surface area contributed by atoms with E-state index in [0.717, 1.165) is 11.3 Å². The normalized spacial score (nSPS) is 10.3. The lowest BCUT2D eigenvalue weighted by atomic mass is 10.1. The maximum absolute atomic E-state index is 11.9. The van der Waals surface area contributed by atoms with E-state index in [-0.39, 0.29) is 5.91 Å². The molecule has 1 amide bonds. The van der Waals surface area contributed by atoms with E-state index in [2.05, 4.69) is 12.1 Å². The van der Waals surface area contributed by atoms with Gasteiger partial charge in [-0.1, -0.05) is 30.3 Å². The van der Waals surface area contributed by atoms with Crippen molar-refractivity contribution >= 4 is 22.2 Å². The molecule has 0 saturated heterocycles. The standard InChI is InChI=1S/C14H16N2OS/c1-16(2)14(17)12-9-11(18-13(12)15)8-10-6-4-3-5-7-10/h3-7,9H,8,15H2,1-2H3. The van der Waals surface area contributed by atoms with Gasteiger partial charge in [-0.25, -0.2) is 0 Å². The van der Waals surface area contributed by atoms with Gasteiger partial charge < -0.3 is 10.6 Å². The van der Waals surface area contributed by atoms with Gasteiger partial charge in [-0.15, -0.1) is 11.3 Å². The number of carbonyl (C=O) groups is 1. The predicted octanol–water partition coefficient (Wildman–Crippen LogP) is 2.62. The monoisotopic (exact) mass is 260 g/mol. The number of carbonyl (C=O) groups excluding carboxylic acids is 1. The molecule has 0 spiro atoms. The number of amides is 1. The molecule has 94 valence electrons. The molecule has 4 heteroatoms. The number of nitrogens with zero attached hydrogens (tertiary/aromatic N) is 1. The van der Waals surface area contributed by atoms with Crippen LogP contribution in [0.4, 0.5) is 5.00 Å². The average molecular weight is 260 g/mol. The van der Waals surface area contributed by atoms with Crippen LogP contribution in [-0.4, -0.2) is 24.9 Å². The second kappa shape index (κ2) is 5.23. The van der Waals surface area contributed by atoms with E-state index in [1.165, 1.54) is 16.9 Å². The Bertz CT molecular complexity index is 546. The molecule has 0 aliphatic rings. The highest BCUT2D eigenvalue weighted by atomic mass is 32.1. The third kappa shape index (κ3) is 2.71. The number of benzene rings is 1. The molecule has 0 aliphatic heterocycles. The molecular formula is C14H16N2OS. The van der Waals surface area contributed by atoms with Crippen molar-refractivity contribution in [1.82, 2.24) is 4.90 Å². The maximum Gasteiger partial charge on any atom is 0.256 e. The molecule has 1 aromatic heterocycles. The van der Waals surface area contributed by atoms with Gasteiger partial charge >= 0.3 is 0 Å². The molecule has 0 radical (unpaired) electrons. The summed E-state index contributed by atoms with van der Waals surface area (Å²) in [5.41, 5.74) is 7.74. The Morgan fingerprint density at radius 1 is 1.28 bits per heavy atom. The Hall–Kier alpha value is -1.81. The molecule has 0 atom stereocenters. The van der Waals surface area contributed by atoms with Gasteiger partial charge in [0.05, 0.1) is 10.6 Å². The maximum atomic E-state index is 11.9. The Kier molecular flexibility index (Phi) is 3.67. The highest BCUT2D eigenvalue weighted by Crippen LogP contribution is 2.27. The van der Waals surface area contributed by atoms with Crippen molar-refractivity contribution < 1.29 is 4.79 Å². The molecular weight excluding hydrogens is 244 g/mol. The van der Waals surface area contributed by atoms with Crippen LogP contribution >= 0.6 is 11.3 Å². The van der Waals surface area contributed by atoms with Gasteiger partial charge in [0.15, 0.2) is 0 Å². The number of hydrogen-bond acceptors (Lipinski definition) is 3. The zero-order chi connectivity index (χ0) is 13.1. The van der Waals surface area contributed by atoms with E-state index in [1.54, 1.807) is 19.0 Å². The zero-order valence-corrected chi connectivity index (χ0v) is 11.3. The first-order valence-electron chi connectivity index (χ1n) is 5.71. The summed E-state index contributed by atoms with van der Waals surface area (Å²) in [7, 11) is 3.46. The summed E-state index contributed by atoms with van der Waals surface area (Å²) in [6.45, 7) is 0. The molecule has 2 aromatic rings. The summed E-state index contributed by atoms with van der Waals surface area (Å²) < 4.78 is 0. The third-order valence-corrected chi connectivity index (χ3v) is 3.63. The summed E-state index contributed by atoms with van der Waals surface area (Å²) in [6.07, 6.45) is 0.816. The second-order valence-corrected chi connectivity index (χ2v) is 5.52. The second-order valence-electron chi connectivity index (χ2n) is 4.35. The molecule has 2 rings (SSSR count). The molecule has 1 heterocycles. The Morgan fingerprint density at radius 3 is 2.56 bits per heavy atom. The van der Waals surface area contributed by atoms with Crippen molar-refractivity contribution in [3.05, 3.63) is 52.4 Å². The van der Waals surface area contributed by atoms with Gasteiger partial charge in [-0.05, 0) is 11.6 Å². The van der Waals surface area contributed by atoms with Crippen LogP contribution < -0.4 is 5.73 Å². The van der Waals surface area contributed by atoms with Crippen molar-refractivity contribution in [1.29, 1.82) is 0 Å². The highest BCUT2D eigenvalue weighted by Gasteiger charge is 2.15. The van der Waals surface area contributed by atoms with E-state index >= 15 is 0 Å². The predicted molar refractivity (Wildman–Crippen MR) is 76.0 cm³/mol. The lowest BCUT2D eigenvalue weighted by Gasteiger charge is -2.08. The topological polar surface area (TPSA) is 46.3 Å². The molecule has 2 N–H and O–H groups in total. The van der Waals surface area contributed by atoms with Crippen LogP contribution in [0.5, 0.6) is 0 Å². The Balaban J connectivity index is 2.22. The molecule has 3 nitrogen and oxygen atoms in total. The van der Waals surface area contributed by atoms with Crippen LogP contribution in [0.3, 0.4) is 0 Å². The Morgan fingerprint density at radius 2 is 1.94 bits per heavy atom. The van der Waals surface area contributed by atoms with E-state index in [1.807, 2.05) is 24.3 Å². The molecule has 0 aliphatic carbocycles. The van der Waals surface area contributed by atoms with Crippen LogP contribution in [0.25, 0.3) is 0 Å². The number of thiophene rings is 1. The molecule has 0 saturated carbocycles. The first-order valence-corrected chi connectivity index (χ1v) is 6.53. The lowest BCUT2D eigenvalue weighted by Crippen LogP contribution is -2.21. The SMILES string of the molecule is CN(C)C(=O)c1cc(Cc2ccccc2)sc1N. The van der Waals surface area contributed by atoms with Crippen LogP contribution in [0.15, 0.2) is 36.4 Å². The van der Waals surface area contributed by atoms with Gasteiger partial charge in [0.1, 0.15) is 0 Å². The van der Waals surface area contributed by atoms with Gasteiger partial charge in [-0.2, -0.15) is 0 Å². The fourth-order valence-electron chi connectivity index (χ4n) is 1.75. The summed E-state index contributed by atoms with van der Waals surface area (Å²) >= 11 is 1.49. The fraction of sp³-hybridized carbons (Fsp3) is 0.214. The summed E-state index contributed by atoms with van der Waals surface area (Å²) in [5, 5.41) is 0.597. The van der Waals surface area contributed by atoms with Crippen molar-refractivity contribution in [3.8, 4) is 0 Å². The largest absolute Gasteiger partial charge is 0.390 e. The molecule has 0 fully saturated rings. The average Bonchev–Trinajstić information content (AvgIpc) is 2.70. The first-order chi connectivity index (χ1) is 8.58. The highest BCUT2D eigenvalue weighted by molar-refractivity contribution is 7.16. The quantitative estimate of drug-likeness (QED) is 0.922. The number of hydrogen-bond donors (Lipinski definition) is 1. The van der Waals surface area contributed by atoms with Crippen LogP contribution in [0.1, 0.15) is 20.8 Å². The smallest absolute Gasteiger partial charge is 0.256 e. The van der Waals surface area contributed by atoms with Gasteiger partial charge in [0, 0.05) is 25.4 Å². The van der Waals surface area contributed by atoms with E-state index in [0.29, 0.717) is 10.6 Å². The minimum Gasteiger partial charge on any atom is -0.390 e. The molecule has 0 unspecified atom stereocenters. The number of nitrogens with two attached hydrogens (primary N) is 1. The zero-order valence-electron chi connectivity index (χ0n) is 10.5. The van der Waals surface area contributed by atoms with Crippen LogP contribution in [0.2, 0.25) is 0 Å². The minimum absolute atomic E-state index is 0.0388. The van der Waals surface area contributed by atoms with E-state index < -0.39 is 0 Å². The van der Waals surface area contributed by atoms with Gasteiger partial charge in [0.25, 0.3) is 5.91 Å². The van der Waals surface area contributed by atoms with E-state index in [9.17, 15) is 4.79 Å². The molecule has 1 aromatic carbocycles. The number of anilines is 1. The minimum atomic E-state index is -0.0388. The van der Waals surface area contributed by atoms with Crippen molar-refractivity contribution in [2.75, 3.05) is 19.8 Å². The summed E-state index contributed by atoms with van der Waals surface area (Å²) in [4.78, 5) is 14.5. The van der Waals surface area contributed by atoms with Gasteiger partial charge in [-0.3, -0.25) is 4.79 Å². The van der Waals surface area contributed by atoms with Gasteiger partial charge in [0.2, 0.25) is 0 Å². The van der Waals surface area contributed by atoms with Crippen molar-refractivity contribution in [3.63, 3.8) is 0 Å². The molecule has 0 bridgehead atoms.